The largest absolute Gasteiger partial charge is 0.418 e. The zero-order chi connectivity index (χ0) is 18.7. The normalized spacial score (nSPS) is 11.3. The number of alkyl halides is 3. The minimum atomic E-state index is -4.48. The van der Waals surface area contributed by atoms with Gasteiger partial charge in [-0.3, -0.25) is 0 Å². The molecule has 1 heterocycles. The first-order valence-corrected chi connectivity index (χ1v) is 7.87. The van der Waals surface area contributed by atoms with E-state index in [4.69, 9.17) is 11.6 Å². The van der Waals surface area contributed by atoms with E-state index in [2.05, 4.69) is 25.8 Å². The highest BCUT2D eigenvalue weighted by Crippen LogP contribution is 2.35. The van der Waals surface area contributed by atoms with Crippen LogP contribution in [0, 0.1) is 6.92 Å². The summed E-state index contributed by atoms with van der Waals surface area (Å²) in [5, 5.41) is 13.8. The predicted molar refractivity (Wildman–Crippen MR) is 94.0 cm³/mol. The van der Waals surface area contributed by atoms with E-state index in [1.807, 2.05) is 6.92 Å². The standard InChI is InChI=1S/C17H13ClF3N5/c1-10-8-11(18)6-7-13(10)24-16-25-15(9-22-26-16)23-14-5-3-2-4-12(14)17(19,20)21/h2-9H,1H3,(H2,23,24,25,26). The highest BCUT2D eigenvalue weighted by atomic mass is 35.5. The molecule has 0 saturated heterocycles. The summed E-state index contributed by atoms with van der Waals surface area (Å²) in [6.45, 7) is 1.85. The molecule has 2 aromatic carbocycles. The number of hydrogen-bond acceptors (Lipinski definition) is 5. The van der Waals surface area contributed by atoms with Crippen molar-refractivity contribution < 1.29 is 13.2 Å². The molecule has 0 aliphatic carbocycles. The number of nitrogens with one attached hydrogen (secondary N) is 2. The monoisotopic (exact) mass is 379 g/mol. The van der Waals surface area contributed by atoms with E-state index in [-0.39, 0.29) is 17.5 Å². The first kappa shape index (κ1) is 17.9. The predicted octanol–water partition coefficient (Wildman–Crippen LogP) is 5.34. The molecule has 3 aromatic rings. The second kappa shape index (κ2) is 7.17. The lowest BCUT2D eigenvalue weighted by atomic mass is 10.1. The average Bonchev–Trinajstić information content (AvgIpc) is 2.57. The lowest BCUT2D eigenvalue weighted by molar-refractivity contribution is -0.136. The van der Waals surface area contributed by atoms with Crippen molar-refractivity contribution >= 4 is 34.7 Å². The van der Waals surface area contributed by atoms with E-state index < -0.39 is 11.7 Å². The van der Waals surface area contributed by atoms with E-state index >= 15 is 0 Å². The summed E-state index contributed by atoms with van der Waals surface area (Å²) >= 11 is 5.91. The van der Waals surface area contributed by atoms with Crippen LogP contribution in [-0.2, 0) is 6.18 Å². The van der Waals surface area contributed by atoms with Gasteiger partial charge in [0.2, 0.25) is 5.95 Å². The van der Waals surface area contributed by atoms with Gasteiger partial charge in [-0.25, -0.2) is 0 Å². The van der Waals surface area contributed by atoms with Gasteiger partial charge in [0.25, 0.3) is 0 Å². The summed E-state index contributed by atoms with van der Waals surface area (Å²) in [6.07, 6.45) is -3.24. The summed E-state index contributed by atoms with van der Waals surface area (Å²) in [7, 11) is 0. The molecular weight excluding hydrogens is 367 g/mol. The van der Waals surface area contributed by atoms with Crippen LogP contribution in [0.3, 0.4) is 0 Å². The van der Waals surface area contributed by atoms with Crippen LogP contribution in [0.15, 0.2) is 48.7 Å². The average molecular weight is 380 g/mol. The topological polar surface area (TPSA) is 62.7 Å². The van der Waals surface area contributed by atoms with Crippen LogP contribution in [0.5, 0.6) is 0 Å². The second-order valence-corrected chi connectivity index (χ2v) is 5.85. The summed E-state index contributed by atoms with van der Waals surface area (Å²) in [6, 6.07) is 10.4. The first-order chi connectivity index (χ1) is 12.3. The van der Waals surface area contributed by atoms with Gasteiger partial charge in [-0.1, -0.05) is 23.7 Å². The zero-order valence-electron chi connectivity index (χ0n) is 13.5. The molecule has 0 unspecified atom stereocenters. The molecular formula is C17H13ClF3N5. The van der Waals surface area contributed by atoms with Gasteiger partial charge < -0.3 is 10.6 Å². The van der Waals surface area contributed by atoms with E-state index in [1.165, 1.54) is 24.4 Å². The van der Waals surface area contributed by atoms with Gasteiger partial charge in [0.1, 0.15) is 0 Å². The highest BCUT2D eigenvalue weighted by molar-refractivity contribution is 6.30. The van der Waals surface area contributed by atoms with Crippen molar-refractivity contribution in [2.75, 3.05) is 10.6 Å². The fraction of sp³-hybridized carbons (Fsp3) is 0.118. The van der Waals surface area contributed by atoms with Crippen LogP contribution >= 0.6 is 11.6 Å². The van der Waals surface area contributed by atoms with E-state index in [0.717, 1.165) is 11.6 Å². The molecule has 0 bridgehead atoms. The summed E-state index contributed by atoms with van der Waals surface area (Å²) in [5.41, 5.74) is 0.668. The summed E-state index contributed by atoms with van der Waals surface area (Å²) in [5.74, 6) is 0.274. The Morgan fingerprint density at radius 2 is 1.77 bits per heavy atom. The van der Waals surface area contributed by atoms with Gasteiger partial charge in [0.15, 0.2) is 5.82 Å². The lowest BCUT2D eigenvalue weighted by Gasteiger charge is -2.14. The molecule has 0 amide bonds. The van der Waals surface area contributed by atoms with Gasteiger partial charge in [-0.15, -0.1) is 5.10 Å². The number of rotatable bonds is 4. The molecule has 0 fully saturated rings. The maximum Gasteiger partial charge on any atom is 0.418 e. The summed E-state index contributed by atoms with van der Waals surface area (Å²) in [4.78, 5) is 4.15. The molecule has 0 radical (unpaired) electrons. The van der Waals surface area contributed by atoms with Gasteiger partial charge in [-0.2, -0.15) is 23.3 Å². The Hall–Kier alpha value is -2.87. The number of benzene rings is 2. The zero-order valence-corrected chi connectivity index (χ0v) is 14.2. The third-order valence-electron chi connectivity index (χ3n) is 3.49. The molecule has 134 valence electrons. The number of nitrogens with zero attached hydrogens (tertiary/aromatic N) is 3. The molecule has 2 N–H and O–H groups in total. The van der Waals surface area contributed by atoms with Crippen molar-refractivity contribution in [2.24, 2.45) is 0 Å². The second-order valence-electron chi connectivity index (χ2n) is 5.42. The van der Waals surface area contributed by atoms with E-state index in [0.29, 0.717) is 10.7 Å². The number of anilines is 4. The van der Waals surface area contributed by atoms with E-state index in [1.54, 1.807) is 18.2 Å². The Labute approximate surface area is 152 Å². The maximum atomic E-state index is 13.1. The molecule has 5 nitrogen and oxygen atoms in total. The quantitative estimate of drug-likeness (QED) is 0.640. The van der Waals surface area contributed by atoms with Crippen LogP contribution in [-0.4, -0.2) is 15.2 Å². The lowest BCUT2D eigenvalue weighted by Crippen LogP contribution is -2.09. The molecule has 26 heavy (non-hydrogen) atoms. The van der Waals surface area contributed by atoms with Gasteiger partial charge in [0, 0.05) is 10.7 Å². The Kier molecular flexibility index (Phi) is 4.94. The molecule has 1 aromatic heterocycles. The summed E-state index contributed by atoms with van der Waals surface area (Å²) < 4.78 is 39.3. The molecule has 9 heteroatoms. The number of hydrogen-bond donors (Lipinski definition) is 2. The van der Waals surface area contributed by atoms with Crippen molar-refractivity contribution in [3.8, 4) is 0 Å². The van der Waals surface area contributed by atoms with Gasteiger partial charge in [-0.05, 0) is 42.8 Å². The first-order valence-electron chi connectivity index (χ1n) is 7.49. The molecule has 0 spiro atoms. The SMILES string of the molecule is Cc1cc(Cl)ccc1Nc1nncc(Nc2ccccc2C(F)(F)F)n1. The molecule has 0 aliphatic heterocycles. The Balaban J connectivity index is 1.85. The van der Waals surface area contributed by atoms with Crippen LogP contribution in [0.2, 0.25) is 5.02 Å². The maximum absolute atomic E-state index is 13.1. The van der Waals surface area contributed by atoms with Crippen LogP contribution in [0.1, 0.15) is 11.1 Å². The highest BCUT2D eigenvalue weighted by Gasteiger charge is 2.33. The molecule has 0 atom stereocenters. The van der Waals surface area contributed by atoms with Crippen LogP contribution < -0.4 is 10.6 Å². The van der Waals surface area contributed by atoms with E-state index in [9.17, 15) is 13.2 Å². The Morgan fingerprint density at radius 1 is 1.00 bits per heavy atom. The van der Waals surface area contributed by atoms with Crippen molar-refractivity contribution in [1.82, 2.24) is 15.2 Å². The van der Waals surface area contributed by atoms with Crippen molar-refractivity contribution in [3.05, 3.63) is 64.8 Å². The van der Waals surface area contributed by atoms with Gasteiger partial charge >= 0.3 is 6.18 Å². The van der Waals surface area contributed by atoms with Crippen LogP contribution in [0.4, 0.5) is 36.3 Å². The minimum absolute atomic E-state index is 0.117. The van der Waals surface area contributed by atoms with Crippen molar-refractivity contribution in [2.45, 2.75) is 13.1 Å². The minimum Gasteiger partial charge on any atom is -0.338 e. The fourth-order valence-corrected chi connectivity index (χ4v) is 2.51. The molecule has 0 aliphatic rings. The van der Waals surface area contributed by atoms with Crippen molar-refractivity contribution in [1.29, 1.82) is 0 Å². The third-order valence-corrected chi connectivity index (χ3v) is 3.72. The number of aryl methyl sites for hydroxylation is 1. The molecule has 0 saturated carbocycles. The number of halogens is 4. The third kappa shape index (κ3) is 4.20. The van der Waals surface area contributed by atoms with Gasteiger partial charge in [0.05, 0.1) is 17.4 Å². The van der Waals surface area contributed by atoms with Crippen LogP contribution in [0.25, 0.3) is 0 Å². The number of para-hydroxylation sites is 1. The fourth-order valence-electron chi connectivity index (χ4n) is 2.28. The Bertz CT molecular complexity index is 930. The Morgan fingerprint density at radius 3 is 2.50 bits per heavy atom. The smallest absolute Gasteiger partial charge is 0.338 e. The van der Waals surface area contributed by atoms with Crippen molar-refractivity contribution in [3.63, 3.8) is 0 Å². The number of aromatic nitrogens is 3. The molecule has 3 rings (SSSR count).